The van der Waals surface area contributed by atoms with E-state index in [1.165, 1.54) is 0 Å². The average Bonchev–Trinajstić information content (AvgIpc) is 3.64. The number of aromatic hydroxyl groups is 1. The van der Waals surface area contributed by atoms with Crippen molar-refractivity contribution in [3.63, 3.8) is 0 Å². The number of allylic oxidation sites excluding steroid dienone is 4. The van der Waals surface area contributed by atoms with Crippen molar-refractivity contribution in [1.82, 2.24) is 15.6 Å². The van der Waals surface area contributed by atoms with Gasteiger partial charge in [0.1, 0.15) is 18.3 Å². The van der Waals surface area contributed by atoms with Crippen LogP contribution in [0.25, 0.3) is 0 Å². The van der Waals surface area contributed by atoms with Crippen LogP contribution in [0.4, 0.5) is 0 Å². The van der Waals surface area contributed by atoms with Crippen LogP contribution in [0.3, 0.4) is 0 Å². The molecule has 1 aromatic carbocycles. The molecular weight excluding hydrogens is 709 g/mol. The first-order chi connectivity index (χ1) is 27.0. The summed E-state index contributed by atoms with van der Waals surface area (Å²) in [5.41, 5.74) is 11.3. The molecule has 2 aromatic rings. The number of aromatic nitrogens is 1. The highest BCUT2D eigenvalue weighted by Gasteiger charge is 2.43. The molecule has 0 saturated carbocycles. The standard InChI is InChI=1S/C45H60N4O7/c1-3-26-6-7-30-18-27-8-9-28-19-39(53)41(23-36(28)35(27)22-40(54)43(30)37(51)12-10-32(17-26)49-24-25(2)50)56-45-33(11-13-38(52)44(45)55)34(21-31-5-4-15-47-31)29-14-16-48-42(46)20-29/h4-5,11,13-15,18-20,23,25-26,30,32-35,37-38,40,43-45,47-55H,3,8-10,12,16-17,21-22,24,46H2,1-2H3. The van der Waals surface area contributed by atoms with Crippen LogP contribution in [-0.2, 0) is 12.8 Å². The number of aliphatic hydroxyl groups excluding tert-OH is 5. The Balaban J connectivity index is 1.19. The third-order valence-corrected chi connectivity index (χ3v) is 12.8. The van der Waals surface area contributed by atoms with E-state index in [0.717, 1.165) is 47.2 Å². The summed E-state index contributed by atoms with van der Waals surface area (Å²) in [5, 5.41) is 74.0. The summed E-state index contributed by atoms with van der Waals surface area (Å²) in [6.07, 6.45) is 11.5. The zero-order chi connectivity index (χ0) is 39.5. The monoisotopic (exact) mass is 768 g/mol. The maximum atomic E-state index is 12.0. The van der Waals surface area contributed by atoms with Crippen LogP contribution >= 0.6 is 0 Å². The van der Waals surface area contributed by atoms with Crippen LogP contribution in [0.15, 0.2) is 77.8 Å². The van der Waals surface area contributed by atoms with Crippen LogP contribution in [0, 0.1) is 41.4 Å². The molecule has 13 unspecified atom stereocenters. The minimum Gasteiger partial charge on any atom is -0.504 e. The van der Waals surface area contributed by atoms with Gasteiger partial charge in [0.25, 0.3) is 0 Å². The molecule has 1 aromatic heterocycles. The number of phenols is 1. The highest BCUT2D eigenvalue weighted by atomic mass is 16.5. The van der Waals surface area contributed by atoms with Gasteiger partial charge >= 0.3 is 0 Å². The van der Waals surface area contributed by atoms with Crippen LogP contribution in [-0.4, -0.2) is 91.4 Å². The molecule has 1 aliphatic heterocycles. The van der Waals surface area contributed by atoms with E-state index in [-0.39, 0.29) is 41.2 Å². The van der Waals surface area contributed by atoms with Crippen molar-refractivity contribution in [1.29, 1.82) is 0 Å². The molecule has 0 bridgehead atoms. The highest BCUT2D eigenvalue weighted by Crippen LogP contribution is 2.48. The molecule has 13 atom stereocenters. The van der Waals surface area contributed by atoms with Gasteiger partial charge in [-0.05, 0) is 111 Å². The number of benzene rings is 1. The van der Waals surface area contributed by atoms with E-state index in [9.17, 15) is 30.6 Å². The normalized spacial score (nSPS) is 34.0. The Morgan fingerprint density at radius 1 is 1.05 bits per heavy atom. The first-order valence-electron chi connectivity index (χ1n) is 20.6. The predicted molar refractivity (Wildman–Crippen MR) is 215 cm³/mol. The Bertz CT molecular complexity index is 1860. The molecule has 0 amide bonds. The number of hydrogen-bond donors (Lipinski definition) is 10. The number of nitrogens with one attached hydrogen (secondary N) is 3. The van der Waals surface area contributed by atoms with Gasteiger partial charge in [-0.25, -0.2) is 0 Å². The van der Waals surface area contributed by atoms with Crippen molar-refractivity contribution in [2.24, 2.45) is 35.3 Å². The molecule has 56 heavy (non-hydrogen) atoms. The molecule has 4 aliphatic carbocycles. The van der Waals surface area contributed by atoms with E-state index in [2.05, 4.69) is 46.5 Å². The number of nitrogens with two attached hydrogens (primary N) is 1. The number of aromatic amines is 1. The van der Waals surface area contributed by atoms with Gasteiger partial charge in [-0.2, -0.15) is 0 Å². The molecule has 0 spiro atoms. The largest absolute Gasteiger partial charge is 0.504 e. The minimum absolute atomic E-state index is 0.0497. The SMILES string of the molecule is CCC1C#CC2C=C3CCc4cc(O)c(OC5C(O)C(O)C=CC5C(Cc5ccc[nH]5)C5=CCNC(N)=C5)cc4C3CC(O)C2C(O)CCC(NCC(C)O)C1. The Kier molecular flexibility index (Phi) is 12.7. The number of ether oxygens (including phenoxy) is 1. The lowest BCUT2D eigenvalue weighted by Crippen LogP contribution is -2.50. The molecule has 11 N–H and O–H groups in total. The van der Waals surface area contributed by atoms with Crippen LogP contribution in [0.5, 0.6) is 11.5 Å². The molecule has 0 fully saturated rings. The lowest BCUT2D eigenvalue weighted by Gasteiger charge is -2.40. The van der Waals surface area contributed by atoms with Gasteiger partial charge in [0.2, 0.25) is 0 Å². The van der Waals surface area contributed by atoms with Crippen molar-refractivity contribution in [2.45, 2.75) is 114 Å². The minimum atomic E-state index is -1.27. The predicted octanol–water partition coefficient (Wildman–Crippen LogP) is 3.43. The molecule has 11 heteroatoms. The van der Waals surface area contributed by atoms with E-state index in [0.29, 0.717) is 51.0 Å². The molecule has 5 aliphatic rings. The quantitative estimate of drug-likeness (QED) is 0.126. The van der Waals surface area contributed by atoms with Gasteiger partial charge in [0.15, 0.2) is 11.5 Å². The number of rotatable bonds is 10. The van der Waals surface area contributed by atoms with Crippen molar-refractivity contribution in [2.75, 3.05) is 13.1 Å². The number of fused-ring (bicyclic) bond motifs is 4. The molecule has 7 rings (SSSR count). The lowest BCUT2D eigenvalue weighted by atomic mass is 9.73. The number of aliphatic hydroxyl groups is 5. The molecular formula is C45H60N4O7. The highest BCUT2D eigenvalue weighted by molar-refractivity contribution is 5.52. The van der Waals surface area contributed by atoms with Crippen LogP contribution < -0.4 is 21.1 Å². The molecule has 302 valence electrons. The summed E-state index contributed by atoms with van der Waals surface area (Å²) in [6, 6.07) is 7.65. The van der Waals surface area contributed by atoms with Gasteiger partial charge in [-0.15, -0.1) is 0 Å². The van der Waals surface area contributed by atoms with Crippen LogP contribution in [0.1, 0.15) is 75.1 Å². The second-order valence-corrected chi connectivity index (χ2v) is 16.7. The van der Waals surface area contributed by atoms with Gasteiger partial charge in [0, 0.05) is 60.6 Å². The van der Waals surface area contributed by atoms with Gasteiger partial charge in [0.05, 0.1) is 24.1 Å². The first-order valence-corrected chi connectivity index (χ1v) is 20.6. The van der Waals surface area contributed by atoms with Gasteiger partial charge in [-0.3, -0.25) is 0 Å². The van der Waals surface area contributed by atoms with Gasteiger partial charge in [-0.1, -0.05) is 48.6 Å². The molecule has 0 saturated heterocycles. The Labute approximate surface area is 330 Å². The summed E-state index contributed by atoms with van der Waals surface area (Å²) < 4.78 is 6.66. The number of dihydropyridines is 1. The van der Waals surface area contributed by atoms with E-state index in [4.69, 9.17) is 10.5 Å². The summed E-state index contributed by atoms with van der Waals surface area (Å²) >= 11 is 0. The number of aryl methyl sites for hydroxylation is 1. The molecule has 11 nitrogen and oxygen atoms in total. The van der Waals surface area contributed by atoms with Gasteiger partial charge < -0.3 is 56.7 Å². The average molecular weight is 769 g/mol. The summed E-state index contributed by atoms with van der Waals surface area (Å²) in [4.78, 5) is 3.30. The van der Waals surface area contributed by atoms with E-state index in [1.54, 1.807) is 19.1 Å². The first kappa shape index (κ1) is 40.2. The third kappa shape index (κ3) is 8.91. The Morgan fingerprint density at radius 3 is 2.64 bits per heavy atom. The van der Waals surface area contributed by atoms with Crippen LogP contribution in [0.2, 0.25) is 0 Å². The van der Waals surface area contributed by atoms with Crippen molar-refractivity contribution < 1.29 is 35.4 Å². The number of H-pyrrole nitrogens is 1. The summed E-state index contributed by atoms with van der Waals surface area (Å²) in [5.74, 6) is 6.33. The fourth-order valence-electron chi connectivity index (χ4n) is 9.68. The van der Waals surface area contributed by atoms with Crippen molar-refractivity contribution >= 4 is 0 Å². The number of hydrogen-bond acceptors (Lipinski definition) is 10. The Morgan fingerprint density at radius 2 is 1.89 bits per heavy atom. The van der Waals surface area contributed by atoms with E-state index < -0.39 is 48.5 Å². The fourth-order valence-corrected chi connectivity index (χ4v) is 9.68. The maximum absolute atomic E-state index is 12.0. The van der Waals surface area contributed by atoms with Crippen molar-refractivity contribution in [3.8, 4) is 23.3 Å². The molecule has 0 radical (unpaired) electrons. The smallest absolute Gasteiger partial charge is 0.161 e. The summed E-state index contributed by atoms with van der Waals surface area (Å²) in [6.45, 7) is 4.93. The van der Waals surface area contributed by atoms with Crippen molar-refractivity contribution in [3.05, 3.63) is 94.6 Å². The van der Waals surface area contributed by atoms with E-state index in [1.807, 2.05) is 36.5 Å². The fraction of sp³-hybridized carbons (Fsp3) is 0.556. The molecule has 2 heterocycles. The Hall–Kier alpha value is -4.02. The zero-order valence-electron chi connectivity index (χ0n) is 32.5. The topological polar surface area (TPSA) is 196 Å². The lowest BCUT2D eigenvalue weighted by molar-refractivity contribution is -0.0608. The third-order valence-electron chi connectivity index (χ3n) is 12.8. The second kappa shape index (κ2) is 17.6. The second-order valence-electron chi connectivity index (χ2n) is 16.7. The van der Waals surface area contributed by atoms with E-state index >= 15 is 0 Å². The number of phenolic OH excluding ortho intramolecular Hbond substituents is 1. The summed E-state index contributed by atoms with van der Waals surface area (Å²) in [7, 11) is 0. The maximum Gasteiger partial charge on any atom is 0.161 e. The zero-order valence-corrected chi connectivity index (χ0v) is 32.5.